The van der Waals surface area contributed by atoms with Gasteiger partial charge in [-0.15, -0.1) is 0 Å². The number of hydrogen-bond donors (Lipinski definition) is 2. The van der Waals surface area contributed by atoms with Gasteiger partial charge in [0.05, 0.1) is 17.7 Å². The number of benzene rings is 2. The van der Waals surface area contributed by atoms with Crippen LogP contribution < -0.4 is 15.2 Å². The number of hydrogen-bond acceptors (Lipinski definition) is 4. The van der Waals surface area contributed by atoms with Crippen LogP contribution in [0.15, 0.2) is 47.4 Å². The predicted molar refractivity (Wildman–Crippen MR) is 92.8 cm³/mol. The number of anilines is 1. The van der Waals surface area contributed by atoms with E-state index in [0.29, 0.717) is 17.2 Å². The van der Waals surface area contributed by atoms with Crippen LogP contribution in [0.1, 0.15) is 12.0 Å². The molecule has 0 aliphatic carbocycles. The van der Waals surface area contributed by atoms with Gasteiger partial charge in [-0.05, 0) is 42.3 Å². The number of rotatable bonds is 6. The van der Waals surface area contributed by atoms with Gasteiger partial charge in [-0.25, -0.2) is 13.6 Å². The molecule has 0 spiro atoms. The predicted octanol–water partition coefficient (Wildman–Crippen LogP) is 2.57. The van der Waals surface area contributed by atoms with E-state index < -0.39 is 10.0 Å². The van der Waals surface area contributed by atoms with E-state index in [4.69, 9.17) is 21.5 Å². The van der Waals surface area contributed by atoms with Crippen LogP contribution in [-0.4, -0.2) is 21.4 Å². The number of halogens is 1. The van der Waals surface area contributed by atoms with Gasteiger partial charge in [-0.3, -0.25) is 4.79 Å². The summed E-state index contributed by atoms with van der Waals surface area (Å²) in [6, 6.07) is 11.2. The van der Waals surface area contributed by atoms with Crippen LogP contribution in [0.4, 0.5) is 5.69 Å². The third kappa shape index (κ3) is 4.95. The summed E-state index contributed by atoms with van der Waals surface area (Å²) in [4.78, 5) is 12.0. The monoisotopic (exact) mass is 368 g/mol. The van der Waals surface area contributed by atoms with Crippen LogP contribution >= 0.6 is 11.6 Å². The molecule has 0 radical (unpaired) electrons. The number of carbonyl (C=O) groups excluding carboxylic acids is 1. The van der Waals surface area contributed by atoms with Crippen LogP contribution in [0.5, 0.6) is 5.75 Å². The maximum absolute atomic E-state index is 12.1. The van der Waals surface area contributed by atoms with Gasteiger partial charge in [0.1, 0.15) is 5.75 Å². The molecule has 0 atom stereocenters. The van der Waals surface area contributed by atoms with Gasteiger partial charge >= 0.3 is 0 Å². The van der Waals surface area contributed by atoms with Gasteiger partial charge in [0.15, 0.2) is 0 Å². The average Bonchev–Trinajstić information content (AvgIpc) is 2.53. The third-order valence-corrected chi connectivity index (χ3v) is 4.49. The van der Waals surface area contributed by atoms with Gasteiger partial charge in [0.25, 0.3) is 0 Å². The molecule has 0 bridgehead atoms. The zero-order chi connectivity index (χ0) is 17.7. The van der Waals surface area contributed by atoms with Gasteiger partial charge in [-0.2, -0.15) is 0 Å². The zero-order valence-corrected chi connectivity index (χ0v) is 14.5. The molecule has 128 valence electrons. The first kappa shape index (κ1) is 18.3. The molecule has 0 fully saturated rings. The van der Waals surface area contributed by atoms with Crippen molar-refractivity contribution in [2.24, 2.45) is 5.14 Å². The maximum atomic E-state index is 12.1. The second-order valence-corrected chi connectivity index (χ2v) is 7.08. The van der Waals surface area contributed by atoms with Crippen LogP contribution in [-0.2, 0) is 21.2 Å². The Bertz CT molecular complexity index is 836. The van der Waals surface area contributed by atoms with Gasteiger partial charge < -0.3 is 10.1 Å². The molecule has 1 amide bonds. The highest BCUT2D eigenvalue weighted by atomic mass is 35.5. The van der Waals surface area contributed by atoms with Crippen molar-refractivity contribution in [1.82, 2.24) is 0 Å². The minimum Gasteiger partial charge on any atom is -0.495 e. The van der Waals surface area contributed by atoms with Crippen molar-refractivity contribution >= 4 is 33.2 Å². The number of ether oxygens (including phenoxy) is 1. The minimum absolute atomic E-state index is 0.101. The molecule has 0 saturated heterocycles. The summed E-state index contributed by atoms with van der Waals surface area (Å²) in [6.45, 7) is 0. The molecule has 0 heterocycles. The third-order valence-electron chi connectivity index (χ3n) is 3.33. The number of nitrogens with two attached hydrogens (primary N) is 1. The summed E-state index contributed by atoms with van der Waals surface area (Å²) in [6.07, 6.45) is 0.755. The first-order valence-corrected chi connectivity index (χ1v) is 8.97. The second-order valence-electron chi connectivity index (χ2n) is 5.08. The lowest BCUT2D eigenvalue weighted by atomic mass is 10.1. The Balaban J connectivity index is 2.08. The Morgan fingerprint density at radius 3 is 2.46 bits per heavy atom. The van der Waals surface area contributed by atoms with E-state index in [-0.39, 0.29) is 22.9 Å². The number of carbonyl (C=O) groups is 1. The summed E-state index contributed by atoms with van der Waals surface area (Å²) in [5, 5.41) is 8.38. The lowest BCUT2D eigenvalue weighted by Gasteiger charge is -2.11. The Morgan fingerprint density at radius 2 is 1.88 bits per heavy atom. The SMILES string of the molecule is COc1ccc(S(N)(=O)=O)cc1NC(=O)CCc1ccc(Cl)cc1. The zero-order valence-electron chi connectivity index (χ0n) is 13.0. The van der Waals surface area contributed by atoms with E-state index in [0.717, 1.165) is 5.56 Å². The first-order valence-electron chi connectivity index (χ1n) is 7.05. The summed E-state index contributed by atoms with van der Waals surface area (Å²) < 4.78 is 28.0. The van der Waals surface area contributed by atoms with Crippen LogP contribution in [0.25, 0.3) is 0 Å². The summed E-state index contributed by atoms with van der Waals surface area (Å²) in [5.41, 5.74) is 1.23. The Morgan fingerprint density at radius 1 is 1.21 bits per heavy atom. The fourth-order valence-electron chi connectivity index (χ4n) is 2.08. The summed E-state index contributed by atoms with van der Waals surface area (Å²) >= 11 is 5.81. The topological polar surface area (TPSA) is 98.5 Å². The van der Waals surface area contributed by atoms with Crippen molar-refractivity contribution in [1.29, 1.82) is 0 Å². The van der Waals surface area contributed by atoms with Gasteiger partial charge in [0.2, 0.25) is 15.9 Å². The Hall–Kier alpha value is -2.09. The molecule has 0 saturated carbocycles. The molecule has 2 aromatic rings. The number of sulfonamides is 1. The fourth-order valence-corrected chi connectivity index (χ4v) is 2.75. The molecule has 0 unspecified atom stereocenters. The Labute approximate surface area is 145 Å². The molecule has 8 heteroatoms. The number of aryl methyl sites for hydroxylation is 1. The molecule has 0 aliphatic heterocycles. The fraction of sp³-hybridized carbons (Fsp3) is 0.188. The molecule has 6 nitrogen and oxygen atoms in total. The smallest absolute Gasteiger partial charge is 0.238 e. The summed E-state index contributed by atoms with van der Waals surface area (Å²) in [5.74, 6) is 0.0806. The molecule has 0 aromatic heterocycles. The lowest BCUT2D eigenvalue weighted by Crippen LogP contribution is -2.15. The summed E-state index contributed by atoms with van der Waals surface area (Å²) in [7, 11) is -2.44. The highest BCUT2D eigenvalue weighted by Crippen LogP contribution is 2.27. The van der Waals surface area contributed by atoms with Crippen LogP contribution in [0, 0.1) is 0 Å². The number of nitrogens with one attached hydrogen (secondary N) is 1. The molecular formula is C16H17ClN2O4S. The largest absolute Gasteiger partial charge is 0.495 e. The van der Waals surface area contributed by atoms with Crippen molar-refractivity contribution in [3.8, 4) is 5.75 Å². The number of primary sulfonamides is 1. The molecular weight excluding hydrogens is 352 g/mol. The van der Waals surface area contributed by atoms with Crippen molar-refractivity contribution in [3.05, 3.63) is 53.1 Å². The van der Waals surface area contributed by atoms with Gasteiger partial charge in [0, 0.05) is 11.4 Å². The van der Waals surface area contributed by atoms with E-state index in [2.05, 4.69) is 5.32 Å². The standard InChI is InChI=1S/C16H17ClN2O4S/c1-23-15-8-7-13(24(18,21)22)10-14(15)19-16(20)9-4-11-2-5-12(17)6-3-11/h2-3,5-8,10H,4,9H2,1H3,(H,19,20)(H2,18,21,22). The number of methoxy groups -OCH3 is 1. The molecule has 3 N–H and O–H groups in total. The van der Waals surface area contributed by atoms with E-state index >= 15 is 0 Å². The van der Waals surface area contributed by atoms with E-state index in [1.165, 1.54) is 25.3 Å². The quantitative estimate of drug-likeness (QED) is 0.818. The Kier molecular flexibility index (Phi) is 5.82. The van der Waals surface area contributed by atoms with Crippen molar-refractivity contribution in [3.63, 3.8) is 0 Å². The minimum atomic E-state index is -3.86. The van der Waals surface area contributed by atoms with Gasteiger partial charge in [-0.1, -0.05) is 23.7 Å². The normalized spacial score (nSPS) is 11.1. The maximum Gasteiger partial charge on any atom is 0.238 e. The number of amides is 1. The van der Waals surface area contributed by atoms with E-state index in [1.54, 1.807) is 12.1 Å². The molecule has 2 rings (SSSR count). The van der Waals surface area contributed by atoms with E-state index in [9.17, 15) is 13.2 Å². The first-order chi connectivity index (χ1) is 11.3. The highest BCUT2D eigenvalue weighted by Gasteiger charge is 2.14. The van der Waals surface area contributed by atoms with Crippen LogP contribution in [0.2, 0.25) is 5.02 Å². The molecule has 0 aliphatic rings. The lowest BCUT2D eigenvalue weighted by molar-refractivity contribution is -0.116. The van der Waals surface area contributed by atoms with Crippen LogP contribution in [0.3, 0.4) is 0 Å². The second kappa shape index (κ2) is 7.65. The highest BCUT2D eigenvalue weighted by molar-refractivity contribution is 7.89. The molecule has 24 heavy (non-hydrogen) atoms. The van der Waals surface area contributed by atoms with E-state index in [1.807, 2.05) is 12.1 Å². The van der Waals surface area contributed by atoms with Crippen molar-refractivity contribution in [2.75, 3.05) is 12.4 Å². The van der Waals surface area contributed by atoms with Crippen molar-refractivity contribution < 1.29 is 17.9 Å². The average molecular weight is 369 g/mol. The molecule has 2 aromatic carbocycles. The van der Waals surface area contributed by atoms with Crippen molar-refractivity contribution in [2.45, 2.75) is 17.7 Å².